The highest BCUT2D eigenvalue weighted by Gasteiger charge is 2.37. The van der Waals surface area contributed by atoms with E-state index in [2.05, 4.69) is 12.2 Å². The minimum Gasteiger partial charge on any atom is -0.481 e. The van der Waals surface area contributed by atoms with E-state index >= 15 is 0 Å². The third kappa shape index (κ3) is 2.67. The summed E-state index contributed by atoms with van der Waals surface area (Å²) in [7, 11) is 0. The van der Waals surface area contributed by atoms with Crippen molar-refractivity contribution in [2.45, 2.75) is 31.7 Å². The van der Waals surface area contributed by atoms with Gasteiger partial charge in [-0.15, -0.1) is 0 Å². The van der Waals surface area contributed by atoms with Gasteiger partial charge in [0.15, 0.2) is 0 Å². The van der Waals surface area contributed by atoms with Crippen LogP contribution >= 0.6 is 0 Å². The van der Waals surface area contributed by atoms with Crippen molar-refractivity contribution in [1.82, 2.24) is 5.32 Å². The Labute approximate surface area is 98.8 Å². The van der Waals surface area contributed by atoms with Gasteiger partial charge in [0.1, 0.15) is 11.5 Å². The molecule has 0 radical (unpaired) electrons. The van der Waals surface area contributed by atoms with Gasteiger partial charge in [-0.3, -0.25) is 9.59 Å². The smallest absolute Gasteiger partial charge is 0.305 e. The molecule has 2 N–H and O–H groups in total. The molecule has 1 aromatic rings. The van der Waals surface area contributed by atoms with Gasteiger partial charge in [-0.25, -0.2) is 0 Å². The predicted molar refractivity (Wildman–Crippen MR) is 59.4 cm³/mol. The maximum Gasteiger partial charge on any atom is 0.305 e. The van der Waals surface area contributed by atoms with E-state index in [9.17, 15) is 9.59 Å². The molecular formula is C12H15NO4. The molecule has 1 aliphatic carbocycles. The SMILES string of the molecule is CC1CC1c1ccc([C@@H](CC(=O)O)NC=O)o1. The summed E-state index contributed by atoms with van der Waals surface area (Å²) in [5, 5.41) is 11.2. The third-order valence-corrected chi connectivity index (χ3v) is 3.11. The molecular weight excluding hydrogens is 222 g/mol. The molecule has 17 heavy (non-hydrogen) atoms. The molecule has 2 rings (SSSR count). The fourth-order valence-corrected chi connectivity index (χ4v) is 1.97. The summed E-state index contributed by atoms with van der Waals surface area (Å²) in [5.41, 5.74) is 0. The third-order valence-electron chi connectivity index (χ3n) is 3.11. The van der Waals surface area contributed by atoms with Gasteiger partial charge in [0.2, 0.25) is 6.41 Å². The van der Waals surface area contributed by atoms with E-state index < -0.39 is 12.0 Å². The second kappa shape index (κ2) is 4.61. The monoisotopic (exact) mass is 237 g/mol. The number of hydrogen-bond donors (Lipinski definition) is 2. The predicted octanol–water partition coefficient (Wildman–Crippen LogP) is 1.66. The lowest BCUT2D eigenvalue weighted by Gasteiger charge is -2.10. The van der Waals surface area contributed by atoms with Crippen LogP contribution in [-0.2, 0) is 9.59 Å². The standard InChI is InChI=1S/C12H15NO4/c1-7-4-8(7)10-2-3-11(17-10)9(13-6-14)5-12(15)16/h2-3,6-9H,4-5H2,1H3,(H,13,14)(H,15,16)/t7?,8?,9-/m1/s1. The molecule has 5 nitrogen and oxygen atoms in total. The topological polar surface area (TPSA) is 79.5 Å². The van der Waals surface area contributed by atoms with Crippen molar-refractivity contribution < 1.29 is 19.1 Å². The first-order valence-corrected chi connectivity index (χ1v) is 5.63. The number of nitrogens with one attached hydrogen (secondary N) is 1. The van der Waals surface area contributed by atoms with Crippen LogP contribution in [0.2, 0.25) is 0 Å². The van der Waals surface area contributed by atoms with Gasteiger partial charge in [-0.2, -0.15) is 0 Å². The Kier molecular flexibility index (Phi) is 3.17. The summed E-state index contributed by atoms with van der Waals surface area (Å²) >= 11 is 0. The summed E-state index contributed by atoms with van der Waals surface area (Å²) in [6.07, 6.45) is 1.43. The highest BCUT2D eigenvalue weighted by Crippen LogP contribution is 2.47. The summed E-state index contributed by atoms with van der Waals surface area (Å²) in [5.74, 6) is 1.50. The Morgan fingerprint density at radius 2 is 2.41 bits per heavy atom. The van der Waals surface area contributed by atoms with E-state index in [0.29, 0.717) is 24.0 Å². The number of aliphatic carboxylic acids is 1. The quantitative estimate of drug-likeness (QED) is 0.737. The molecule has 92 valence electrons. The van der Waals surface area contributed by atoms with Gasteiger partial charge < -0.3 is 14.8 Å². The molecule has 1 aromatic heterocycles. The maximum atomic E-state index is 10.7. The van der Waals surface area contributed by atoms with Gasteiger partial charge in [-0.1, -0.05) is 6.92 Å². The Morgan fingerprint density at radius 3 is 2.94 bits per heavy atom. The molecule has 0 aliphatic heterocycles. The van der Waals surface area contributed by atoms with Gasteiger partial charge in [0, 0.05) is 5.92 Å². The molecule has 3 atom stereocenters. The second-order valence-corrected chi connectivity index (χ2v) is 4.49. The zero-order valence-electron chi connectivity index (χ0n) is 9.55. The zero-order valence-corrected chi connectivity index (χ0v) is 9.55. The number of carbonyl (C=O) groups is 2. The molecule has 1 saturated carbocycles. The number of carboxylic acid groups (broad SMARTS) is 1. The van der Waals surface area contributed by atoms with Crippen LogP contribution < -0.4 is 5.32 Å². The first-order valence-electron chi connectivity index (χ1n) is 5.63. The minimum absolute atomic E-state index is 0.175. The van der Waals surface area contributed by atoms with E-state index in [-0.39, 0.29) is 6.42 Å². The van der Waals surface area contributed by atoms with E-state index in [4.69, 9.17) is 9.52 Å². The Bertz CT molecular complexity index is 426. The second-order valence-electron chi connectivity index (χ2n) is 4.49. The van der Waals surface area contributed by atoms with Gasteiger partial charge >= 0.3 is 5.97 Å². The Morgan fingerprint density at radius 1 is 1.71 bits per heavy atom. The highest BCUT2D eigenvalue weighted by atomic mass is 16.4. The number of rotatable bonds is 6. The van der Waals surface area contributed by atoms with Crippen molar-refractivity contribution in [3.63, 3.8) is 0 Å². The van der Waals surface area contributed by atoms with Crippen LogP contribution in [0.1, 0.15) is 43.2 Å². The molecule has 1 fully saturated rings. The van der Waals surface area contributed by atoms with E-state index in [1.807, 2.05) is 6.07 Å². The molecule has 0 bridgehead atoms. The molecule has 0 spiro atoms. The maximum absolute atomic E-state index is 10.7. The van der Waals surface area contributed by atoms with Crippen LogP contribution in [0.4, 0.5) is 0 Å². The van der Waals surface area contributed by atoms with Gasteiger partial charge in [0.25, 0.3) is 0 Å². The number of hydrogen-bond acceptors (Lipinski definition) is 3. The largest absolute Gasteiger partial charge is 0.481 e. The highest BCUT2D eigenvalue weighted by molar-refractivity contribution is 5.68. The summed E-state index contributed by atoms with van der Waals surface area (Å²) in [6.45, 7) is 2.14. The number of amides is 1. The van der Waals surface area contributed by atoms with Crippen molar-refractivity contribution in [3.8, 4) is 0 Å². The first kappa shape index (κ1) is 11.7. The molecule has 5 heteroatoms. The van der Waals surface area contributed by atoms with Crippen molar-refractivity contribution in [1.29, 1.82) is 0 Å². The molecule has 1 heterocycles. The lowest BCUT2D eigenvalue weighted by Crippen LogP contribution is -2.21. The average Bonchev–Trinajstić information content (AvgIpc) is 2.80. The van der Waals surface area contributed by atoms with E-state index in [0.717, 1.165) is 12.2 Å². The fourth-order valence-electron chi connectivity index (χ4n) is 1.97. The Balaban J connectivity index is 2.09. The van der Waals surface area contributed by atoms with Crippen LogP contribution in [0.5, 0.6) is 0 Å². The van der Waals surface area contributed by atoms with Crippen molar-refractivity contribution in [2.24, 2.45) is 5.92 Å². The summed E-state index contributed by atoms with van der Waals surface area (Å²) < 4.78 is 5.61. The van der Waals surface area contributed by atoms with E-state index in [1.54, 1.807) is 6.07 Å². The minimum atomic E-state index is -0.970. The Hall–Kier alpha value is -1.78. The van der Waals surface area contributed by atoms with E-state index in [1.165, 1.54) is 0 Å². The number of carboxylic acids is 1. The van der Waals surface area contributed by atoms with Crippen LogP contribution in [0.3, 0.4) is 0 Å². The first-order chi connectivity index (χ1) is 8.11. The molecule has 1 aliphatic rings. The summed E-state index contributed by atoms with van der Waals surface area (Å²) in [4.78, 5) is 21.1. The van der Waals surface area contributed by atoms with Crippen LogP contribution in [0, 0.1) is 5.92 Å². The number of furan rings is 1. The molecule has 0 aromatic carbocycles. The lowest BCUT2D eigenvalue weighted by atomic mass is 10.1. The normalized spacial score (nSPS) is 24.1. The summed E-state index contributed by atoms with van der Waals surface area (Å²) in [6, 6.07) is 3.02. The van der Waals surface area contributed by atoms with Crippen LogP contribution in [0.25, 0.3) is 0 Å². The van der Waals surface area contributed by atoms with Crippen molar-refractivity contribution in [3.05, 3.63) is 23.7 Å². The van der Waals surface area contributed by atoms with Crippen LogP contribution in [-0.4, -0.2) is 17.5 Å². The molecule has 2 unspecified atom stereocenters. The van der Waals surface area contributed by atoms with Gasteiger partial charge in [-0.05, 0) is 24.5 Å². The number of carbonyl (C=O) groups excluding carboxylic acids is 1. The van der Waals surface area contributed by atoms with Crippen molar-refractivity contribution >= 4 is 12.4 Å². The molecule has 1 amide bonds. The average molecular weight is 237 g/mol. The zero-order chi connectivity index (χ0) is 12.4. The fraction of sp³-hybridized carbons (Fsp3) is 0.500. The lowest BCUT2D eigenvalue weighted by molar-refractivity contribution is -0.137. The van der Waals surface area contributed by atoms with Gasteiger partial charge in [0.05, 0.1) is 12.5 Å². The van der Waals surface area contributed by atoms with Crippen LogP contribution in [0.15, 0.2) is 16.5 Å². The molecule has 0 saturated heterocycles. The van der Waals surface area contributed by atoms with Crippen molar-refractivity contribution in [2.75, 3.05) is 0 Å².